The summed E-state index contributed by atoms with van der Waals surface area (Å²) < 4.78 is 1.02. The van der Waals surface area contributed by atoms with Crippen molar-refractivity contribution < 1.29 is 0 Å². The molecule has 1 rings (SSSR count). The van der Waals surface area contributed by atoms with Gasteiger partial charge in [-0.3, -0.25) is 4.98 Å². The summed E-state index contributed by atoms with van der Waals surface area (Å²) in [5, 5.41) is 0. The molecule has 0 spiro atoms. The summed E-state index contributed by atoms with van der Waals surface area (Å²) in [6, 6.07) is 2.08. The molecule has 0 aliphatic carbocycles. The molecule has 0 unspecified atom stereocenters. The predicted molar refractivity (Wildman–Crippen MR) is 60.6 cm³/mol. The van der Waals surface area contributed by atoms with E-state index in [0.29, 0.717) is 0 Å². The van der Waals surface area contributed by atoms with Gasteiger partial charge in [0.15, 0.2) is 0 Å². The van der Waals surface area contributed by atoms with Crippen LogP contribution in [0.5, 0.6) is 0 Å². The van der Waals surface area contributed by atoms with E-state index in [0.717, 1.165) is 28.6 Å². The molecule has 0 saturated carbocycles. The van der Waals surface area contributed by atoms with Crippen LogP contribution >= 0.6 is 15.9 Å². The molecule has 0 aliphatic rings. The zero-order chi connectivity index (χ0) is 9.84. The van der Waals surface area contributed by atoms with Crippen molar-refractivity contribution in [1.82, 2.24) is 4.98 Å². The molecule has 1 aromatic heterocycles. The summed E-state index contributed by atoms with van der Waals surface area (Å²) in [7, 11) is 0. The fourth-order valence-corrected chi connectivity index (χ4v) is 1.60. The molecule has 13 heavy (non-hydrogen) atoms. The zero-order valence-electron chi connectivity index (χ0n) is 8.10. The Morgan fingerprint density at radius 1 is 1.62 bits per heavy atom. The molecule has 0 atom stereocenters. The zero-order valence-corrected chi connectivity index (χ0v) is 9.69. The average Bonchev–Trinajstić information content (AvgIpc) is 2.08. The van der Waals surface area contributed by atoms with Crippen molar-refractivity contribution in [2.75, 3.05) is 0 Å². The normalized spacial score (nSPS) is 10.1. The van der Waals surface area contributed by atoms with E-state index in [1.54, 1.807) is 0 Å². The van der Waals surface area contributed by atoms with Crippen molar-refractivity contribution in [2.45, 2.75) is 26.7 Å². The first-order chi connectivity index (χ1) is 6.15. The second-order valence-electron chi connectivity index (χ2n) is 3.18. The van der Waals surface area contributed by atoms with Gasteiger partial charge in [0.1, 0.15) is 0 Å². The Morgan fingerprint density at radius 3 is 2.85 bits per heavy atom. The van der Waals surface area contributed by atoms with Crippen LogP contribution in [0.2, 0.25) is 0 Å². The van der Waals surface area contributed by atoms with Gasteiger partial charge in [0.05, 0.1) is 0 Å². The SMILES string of the molecule is C=C(C)c1cc(Br)cnc1CCC. The van der Waals surface area contributed by atoms with Crippen LogP contribution in [0.15, 0.2) is 23.3 Å². The molecule has 0 aromatic carbocycles. The van der Waals surface area contributed by atoms with Crippen molar-refractivity contribution in [2.24, 2.45) is 0 Å². The van der Waals surface area contributed by atoms with Crippen LogP contribution in [0.25, 0.3) is 5.57 Å². The number of nitrogens with zero attached hydrogens (tertiary/aromatic N) is 1. The number of halogens is 1. The lowest BCUT2D eigenvalue weighted by atomic mass is 10.0. The summed E-state index contributed by atoms with van der Waals surface area (Å²) in [5.74, 6) is 0. The Kier molecular flexibility index (Phi) is 3.67. The summed E-state index contributed by atoms with van der Waals surface area (Å²) in [5.41, 5.74) is 3.41. The second kappa shape index (κ2) is 4.56. The minimum absolute atomic E-state index is 1.02. The molecule has 0 bridgehead atoms. The average molecular weight is 240 g/mol. The molecule has 1 aromatic rings. The predicted octanol–water partition coefficient (Wildman–Crippen LogP) is 3.83. The second-order valence-corrected chi connectivity index (χ2v) is 4.09. The molecular formula is C11H14BrN. The third kappa shape index (κ3) is 2.66. The Bertz CT molecular complexity index is 318. The lowest BCUT2D eigenvalue weighted by Gasteiger charge is -2.07. The maximum Gasteiger partial charge on any atom is 0.0479 e. The van der Waals surface area contributed by atoms with Crippen LogP contribution in [-0.2, 0) is 6.42 Å². The van der Waals surface area contributed by atoms with Crippen LogP contribution < -0.4 is 0 Å². The number of pyridine rings is 1. The molecule has 1 heterocycles. The van der Waals surface area contributed by atoms with E-state index in [1.807, 2.05) is 13.1 Å². The first-order valence-electron chi connectivity index (χ1n) is 4.45. The third-order valence-corrected chi connectivity index (χ3v) is 2.32. The standard InChI is InChI=1S/C11H14BrN/c1-4-5-11-10(8(2)3)6-9(12)7-13-11/h6-7H,2,4-5H2,1,3H3. The van der Waals surface area contributed by atoms with Crippen molar-refractivity contribution in [3.05, 3.63) is 34.6 Å². The van der Waals surface area contributed by atoms with Gasteiger partial charge >= 0.3 is 0 Å². The first kappa shape index (κ1) is 10.5. The number of rotatable bonds is 3. The van der Waals surface area contributed by atoms with E-state index in [2.05, 4.69) is 40.5 Å². The number of hydrogen-bond donors (Lipinski definition) is 0. The Labute approximate surface area is 88.0 Å². The van der Waals surface area contributed by atoms with Crippen LogP contribution in [0.3, 0.4) is 0 Å². The Morgan fingerprint density at radius 2 is 2.31 bits per heavy atom. The fourth-order valence-electron chi connectivity index (χ4n) is 1.27. The van der Waals surface area contributed by atoms with E-state index < -0.39 is 0 Å². The molecule has 1 nitrogen and oxygen atoms in total. The van der Waals surface area contributed by atoms with Crippen molar-refractivity contribution in [3.63, 3.8) is 0 Å². The highest BCUT2D eigenvalue weighted by Gasteiger charge is 2.04. The summed E-state index contributed by atoms with van der Waals surface area (Å²) in [6.45, 7) is 8.12. The highest BCUT2D eigenvalue weighted by Crippen LogP contribution is 2.21. The lowest BCUT2D eigenvalue weighted by Crippen LogP contribution is -1.95. The molecule has 70 valence electrons. The minimum atomic E-state index is 1.02. The summed E-state index contributed by atoms with van der Waals surface area (Å²) in [4.78, 5) is 4.38. The molecule has 0 fully saturated rings. The van der Waals surface area contributed by atoms with Gasteiger partial charge in [-0.15, -0.1) is 0 Å². The van der Waals surface area contributed by atoms with Gasteiger partial charge in [-0.25, -0.2) is 0 Å². The van der Waals surface area contributed by atoms with Gasteiger partial charge in [-0.2, -0.15) is 0 Å². The van der Waals surface area contributed by atoms with Crippen molar-refractivity contribution >= 4 is 21.5 Å². The Balaban J connectivity index is 3.10. The highest BCUT2D eigenvalue weighted by molar-refractivity contribution is 9.10. The molecule has 0 radical (unpaired) electrons. The van der Waals surface area contributed by atoms with Crippen molar-refractivity contribution in [1.29, 1.82) is 0 Å². The van der Waals surface area contributed by atoms with E-state index in [9.17, 15) is 0 Å². The third-order valence-electron chi connectivity index (χ3n) is 1.88. The molecule has 0 amide bonds. The molecule has 2 heteroatoms. The Hall–Kier alpha value is -0.630. The van der Waals surface area contributed by atoms with Crippen LogP contribution in [0.4, 0.5) is 0 Å². The van der Waals surface area contributed by atoms with Gasteiger partial charge in [0.2, 0.25) is 0 Å². The quantitative estimate of drug-likeness (QED) is 0.782. The maximum atomic E-state index is 4.38. The van der Waals surface area contributed by atoms with Gasteiger partial charge in [-0.05, 0) is 46.5 Å². The van der Waals surface area contributed by atoms with Crippen molar-refractivity contribution in [3.8, 4) is 0 Å². The number of hydrogen-bond acceptors (Lipinski definition) is 1. The van der Waals surface area contributed by atoms with Crippen LogP contribution in [-0.4, -0.2) is 4.98 Å². The van der Waals surface area contributed by atoms with E-state index >= 15 is 0 Å². The molecule has 0 saturated heterocycles. The number of aryl methyl sites for hydroxylation is 1. The fraction of sp³-hybridized carbons (Fsp3) is 0.364. The first-order valence-corrected chi connectivity index (χ1v) is 5.24. The highest BCUT2D eigenvalue weighted by atomic mass is 79.9. The molecule has 0 aliphatic heterocycles. The van der Waals surface area contributed by atoms with Gasteiger partial charge < -0.3 is 0 Å². The van der Waals surface area contributed by atoms with Gasteiger partial charge in [0.25, 0.3) is 0 Å². The maximum absolute atomic E-state index is 4.38. The lowest BCUT2D eigenvalue weighted by molar-refractivity contribution is 0.877. The molecular weight excluding hydrogens is 226 g/mol. The topological polar surface area (TPSA) is 12.9 Å². The van der Waals surface area contributed by atoms with Crippen LogP contribution in [0.1, 0.15) is 31.5 Å². The van der Waals surface area contributed by atoms with Gasteiger partial charge in [0, 0.05) is 16.4 Å². The smallest absolute Gasteiger partial charge is 0.0479 e. The van der Waals surface area contributed by atoms with E-state index in [-0.39, 0.29) is 0 Å². The number of allylic oxidation sites excluding steroid dienone is 1. The van der Waals surface area contributed by atoms with E-state index in [4.69, 9.17) is 0 Å². The van der Waals surface area contributed by atoms with Gasteiger partial charge in [-0.1, -0.05) is 19.9 Å². The monoisotopic (exact) mass is 239 g/mol. The molecule has 0 N–H and O–H groups in total. The largest absolute Gasteiger partial charge is 0.259 e. The van der Waals surface area contributed by atoms with Crippen LogP contribution in [0, 0.1) is 0 Å². The summed E-state index contributed by atoms with van der Waals surface area (Å²) >= 11 is 3.41. The minimum Gasteiger partial charge on any atom is -0.259 e. The number of aromatic nitrogens is 1. The van der Waals surface area contributed by atoms with E-state index in [1.165, 1.54) is 5.56 Å². The summed E-state index contributed by atoms with van der Waals surface area (Å²) in [6.07, 6.45) is 3.99.